The Balaban J connectivity index is 1.30. The van der Waals surface area contributed by atoms with Crippen LogP contribution in [0.5, 0.6) is 0 Å². The second-order valence-corrected chi connectivity index (χ2v) is 21.7. The van der Waals surface area contributed by atoms with Gasteiger partial charge in [0.25, 0.3) is 22.2 Å². The van der Waals surface area contributed by atoms with Gasteiger partial charge in [-0.2, -0.15) is 0 Å². The smallest absolute Gasteiger partial charge is 0.261 e. The van der Waals surface area contributed by atoms with Gasteiger partial charge < -0.3 is 4.98 Å². The summed E-state index contributed by atoms with van der Waals surface area (Å²) in [6.07, 6.45) is 20.4. The van der Waals surface area contributed by atoms with Crippen molar-refractivity contribution in [2.45, 2.75) is 175 Å². The molecule has 4 heterocycles. The molecule has 1 N–H and O–H groups in total. The van der Waals surface area contributed by atoms with Crippen LogP contribution in [0.2, 0.25) is 0 Å². The third-order valence-corrected chi connectivity index (χ3v) is 16.7. The van der Waals surface area contributed by atoms with Crippen LogP contribution in [-0.2, 0) is 6.42 Å². The summed E-state index contributed by atoms with van der Waals surface area (Å²) >= 11 is 0. The van der Waals surface area contributed by atoms with Crippen LogP contribution in [0, 0.1) is 0 Å². The summed E-state index contributed by atoms with van der Waals surface area (Å²) < 4.78 is 3.24. The average molecular weight is 986 g/mol. The van der Waals surface area contributed by atoms with E-state index in [9.17, 15) is 0 Å². The van der Waals surface area contributed by atoms with Gasteiger partial charge >= 0.3 is 0 Å². The SMILES string of the molecule is CCCCCCC(CCCCCC)n1c(=O)c2cc3c4c5c(cc6c(=O)n(C(CCCCCC)CCCCCC)c(=O)c7cc8[nH]c(-c9ccccc9)nc9cc(c1=O)c2c4c9c8c5c67)N=C(c1ccccc1)C3. The second kappa shape index (κ2) is 21.2. The first kappa shape index (κ1) is 49.5. The Hall–Kier alpha value is -6.74. The van der Waals surface area contributed by atoms with Gasteiger partial charge in [0.15, 0.2) is 0 Å². The van der Waals surface area contributed by atoms with Crippen molar-refractivity contribution in [1.29, 1.82) is 0 Å². The van der Waals surface area contributed by atoms with E-state index in [1.165, 1.54) is 0 Å². The molecule has 7 aromatic carbocycles. The Labute approximate surface area is 432 Å². The van der Waals surface area contributed by atoms with Crippen LogP contribution >= 0.6 is 0 Å². The average Bonchev–Trinajstić information content (AvgIpc) is 3.72. The lowest BCUT2D eigenvalue weighted by Gasteiger charge is -2.24. The van der Waals surface area contributed by atoms with E-state index in [-0.39, 0.29) is 34.3 Å². The number of aromatic amines is 1. The lowest BCUT2D eigenvalue weighted by atomic mass is 9.82. The number of hydrogen-bond donors (Lipinski definition) is 1. The Morgan fingerprint density at radius 1 is 0.459 bits per heavy atom. The number of aliphatic imine (C=N–C) groups is 1. The number of pyridine rings is 2. The van der Waals surface area contributed by atoms with Gasteiger partial charge in [-0.05, 0) is 66.5 Å². The normalized spacial score (nSPS) is 13.1. The number of H-pyrrole nitrogens is 1. The predicted molar refractivity (Wildman–Crippen MR) is 311 cm³/mol. The molecule has 10 aromatic rings. The summed E-state index contributed by atoms with van der Waals surface area (Å²) in [6.45, 7) is 8.83. The molecule has 11 rings (SSSR count). The zero-order valence-electron chi connectivity index (χ0n) is 44.0. The molecule has 74 heavy (non-hydrogen) atoms. The monoisotopic (exact) mass is 986 g/mol. The third kappa shape index (κ3) is 8.58. The van der Waals surface area contributed by atoms with Gasteiger partial charge in [-0.15, -0.1) is 0 Å². The molecule has 0 spiro atoms. The Morgan fingerprint density at radius 2 is 0.919 bits per heavy atom. The van der Waals surface area contributed by atoms with E-state index in [1.807, 2.05) is 66.7 Å². The molecule has 0 fully saturated rings. The van der Waals surface area contributed by atoms with E-state index >= 15 is 19.2 Å². The molecule has 380 valence electrons. The van der Waals surface area contributed by atoms with E-state index in [0.29, 0.717) is 61.3 Å². The molecule has 9 heteroatoms. The zero-order valence-corrected chi connectivity index (χ0v) is 44.0. The predicted octanol–water partition coefficient (Wildman–Crippen LogP) is 16.1. The fourth-order valence-corrected chi connectivity index (χ4v) is 13.0. The van der Waals surface area contributed by atoms with E-state index in [4.69, 9.17) is 9.98 Å². The van der Waals surface area contributed by atoms with Crippen molar-refractivity contribution in [2.24, 2.45) is 4.99 Å². The molecule has 0 aliphatic carbocycles. The van der Waals surface area contributed by atoms with Gasteiger partial charge in [0, 0.05) is 72.7 Å². The van der Waals surface area contributed by atoms with Gasteiger partial charge in [0.1, 0.15) is 5.82 Å². The van der Waals surface area contributed by atoms with Crippen LogP contribution in [0.25, 0.3) is 87.1 Å². The number of nitrogens with zero attached hydrogens (tertiary/aromatic N) is 4. The third-order valence-electron chi connectivity index (χ3n) is 16.7. The highest BCUT2D eigenvalue weighted by Crippen LogP contribution is 2.52. The van der Waals surface area contributed by atoms with E-state index in [2.05, 4.69) is 50.9 Å². The molecule has 0 radical (unpaired) electrons. The van der Waals surface area contributed by atoms with Gasteiger partial charge in [-0.1, -0.05) is 191 Å². The lowest BCUT2D eigenvalue weighted by molar-refractivity contribution is 0.384. The minimum absolute atomic E-state index is 0.235. The summed E-state index contributed by atoms with van der Waals surface area (Å²) in [4.78, 5) is 77.4. The number of aromatic nitrogens is 4. The quantitative estimate of drug-likeness (QED) is 0.0367. The van der Waals surface area contributed by atoms with Crippen molar-refractivity contribution in [3.63, 3.8) is 0 Å². The van der Waals surface area contributed by atoms with Crippen LogP contribution in [0.1, 0.15) is 179 Å². The fourth-order valence-electron chi connectivity index (χ4n) is 13.0. The summed E-state index contributed by atoms with van der Waals surface area (Å²) in [5, 5.41) is 8.20. The number of nitrogens with one attached hydrogen (secondary N) is 1. The highest BCUT2D eigenvalue weighted by molar-refractivity contribution is 6.46. The fraction of sp³-hybridized carbons (Fsp3) is 0.415. The Bertz CT molecular complexity index is 3900. The maximum Gasteiger partial charge on any atom is 0.261 e. The maximum atomic E-state index is 15.6. The standard InChI is InChI=1S/C65H71N5O4/c1-5-9-13-23-31-43(32-24-14-10-6-2)69-62(71)45-35-42-36-49(40-27-19-17-20-28-40)66-50-37-46-55-48(65(74)70(63(46)72)44(33-25-15-11-7-3)34-26-16-12-8-4)39-52-58-57-51(67-61(68-52)41-29-21-18-22-30-41)38-47(64(69)73)54(45)59(57)53(42)56(50)60(55)58/h17-22,27-30,35,37-39,43-44H,5-16,23-26,31-34,36H2,1-4H3,(H,67,68). The molecular formula is C65H71N5O4. The van der Waals surface area contributed by atoms with Gasteiger partial charge in [0.2, 0.25) is 0 Å². The van der Waals surface area contributed by atoms with Crippen molar-refractivity contribution >= 4 is 87.1 Å². The molecule has 0 saturated carbocycles. The Kier molecular flexibility index (Phi) is 14.2. The minimum atomic E-state index is -0.267. The zero-order chi connectivity index (χ0) is 51.0. The highest BCUT2D eigenvalue weighted by Gasteiger charge is 2.32. The first-order valence-corrected chi connectivity index (χ1v) is 28.4. The topological polar surface area (TPSA) is 119 Å². The molecule has 3 aromatic heterocycles. The molecule has 0 atom stereocenters. The molecular weight excluding hydrogens is 915 g/mol. The van der Waals surface area contributed by atoms with Gasteiger partial charge in [-0.25, -0.2) is 4.98 Å². The highest BCUT2D eigenvalue weighted by atomic mass is 16.2. The van der Waals surface area contributed by atoms with E-state index in [0.717, 1.165) is 183 Å². The van der Waals surface area contributed by atoms with Crippen LogP contribution in [0.3, 0.4) is 0 Å². The number of rotatable bonds is 24. The van der Waals surface area contributed by atoms with Crippen LogP contribution in [-0.4, -0.2) is 24.8 Å². The lowest BCUT2D eigenvalue weighted by Crippen LogP contribution is -2.37. The van der Waals surface area contributed by atoms with Crippen LogP contribution < -0.4 is 22.2 Å². The summed E-state index contributed by atoms with van der Waals surface area (Å²) in [5.41, 5.74) is 4.44. The van der Waals surface area contributed by atoms with Crippen molar-refractivity contribution in [3.8, 4) is 11.4 Å². The van der Waals surface area contributed by atoms with Crippen LogP contribution in [0.4, 0.5) is 5.69 Å². The molecule has 0 unspecified atom stereocenters. The van der Waals surface area contributed by atoms with E-state index < -0.39 is 0 Å². The largest absolute Gasteiger partial charge is 0.339 e. The maximum absolute atomic E-state index is 15.6. The van der Waals surface area contributed by atoms with Crippen LogP contribution in [0.15, 0.2) is 109 Å². The van der Waals surface area contributed by atoms with Crippen molar-refractivity contribution < 1.29 is 0 Å². The first-order chi connectivity index (χ1) is 36.3. The molecule has 9 nitrogen and oxygen atoms in total. The molecule has 1 aliphatic rings. The van der Waals surface area contributed by atoms with Gasteiger partial charge in [0.05, 0.1) is 33.1 Å². The second-order valence-electron chi connectivity index (χ2n) is 21.7. The van der Waals surface area contributed by atoms with Crippen molar-refractivity contribution in [1.82, 2.24) is 19.1 Å². The number of unbranched alkanes of at least 4 members (excludes halogenated alkanes) is 12. The van der Waals surface area contributed by atoms with E-state index in [1.54, 1.807) is 9.13 Å². The first-order valence-electron chi connectivity index (χ1n) is 28.4. The minimum Gasteiger partial charge on any atom is -0.339 e. The van der Waals surface area contributed by atoms with Gasteiger partial charge in [-0.3, -0.25) is 33.3 Å². The molecule has 0 bridgehead atoms. The number of hydrogen-bond acceptors (Lipinski definition) is 6. The summed E-state index contributed by atoms with van der Waals surface area (Å²) in [5.74, 6) is 0.583. The van der Waals surface area contributed by atoms with Crippen molar-refractivity contribution in [2.75, 3.05) is 0 Å². The molecule has 1 aliphatic heterocycles. The molecule has 0 amide bonds. The number of benzene rings is 7. The summed E-state index contributed by atoms with van der Waals surface area (Å²) in [6, 6.07) is 27.6. The Morgan fingerprint density at radius 3 is 1.43 bits per heavy atom. The molecule has 0 saturated heterocycles. The van der Waals surface area contributed by atoms with Crippen molar-refractivity contribution in [3.05, 3.63) is 137 Å². The summed E-state index contributed by atoms with van der Waals surface area (Å²) in [7, 11) is 0.